The number of anilines is 1. The molecule has 2 rings (SSSR count). The predicted octanol–water partition coefficient (Wildman–Crippen LogP) is 2.88. The Balaban J connectivity index is 2.39. The summed E-state index contributed by atoms with van der Waals surface area (Å²) in [4.78, 5) is 25.7. The van der Waals surface area contributed by atoms with Crippen LogP contribution in [-0.4, -0.2) is 42.4 Å². The minimum Gasteiger partial charge on any atom is -0.334 e. The number of halogens is 3. The molecule has 0 aromatic heterocycles. The number of rotatable bonds is 5. The quantitative estimate of drug-likeness (QED) is 0.852. The molecule has 1 aromatic carbocycles. The molecule has 2 amide bonds. The number of carbonyl (C=O) groups excluding carboxylic acids is 2. The Bertz CT molecular complexity index is 641. The molecule has 1 saturated heterocycles. The van der Waals surface area contributed by atoms with Crippen molar-refractivity contribution in [1.29, 1.82) is 0 Å². The molecule has 0 radical (unpaired) electrons. The van der Waals surface area contributed by atoms with E-state index in [0.717, 1.165) is 25.1 Å². The summed E-state index contributed by atoms with van der Waals surface area (Å²) < 4.78 is 39.5. The maximum Gasteiger partial charge on any atom is 0.416 e. The van der Waals surface area contributed by atoms with Crippen LogP contribution in [0.25, 0.3) is 0 Å². The Kier molecular flexibility index (Phi) is 6.05. The molecule has 1 aliphatic rings. The fourth-order valence-electron chi connectivity index (χ4n) is 2.95. The summed E-state index contributed by atoms with van der Waals surface area (Å²) in [6, 6.07) is 2.94. The van der Waals surface area contributed by atoms with Gasteiger partial charge in [0.15, 0.2) is 0 Å². The van der Waals surface area contributed by atoms with Crippen molar-refractivity contribution in [3.63, 3.8) is 0 Å². The van der Waals surface area contributed by atoms with Crippen LogP contribution in [-0.2, 0) is 11.0 Å². The summed E-state index contributed by atoms with van der Waals surface area (Å²) >= 11 is 0. The standard InChI is InChI=1S/C17H22F3N3O2/c1-3-6-23(15-4-5-21-10-15)16(25)12-7-13(17(18,19)20)9-14(8-12)22-11(2)24/h7-9,15,21H,3-6,10H2,1-2H3,(H,22,24). The lowest BCUT2D eigenvalue weighted by Gasteiger charge is -2.28. The van der Waals surface area contributed by atoms with E-state index in [1.54, 1.807) is 4.90 Å². The van der Waals surface area contributed by atoms with Crippen LogP contribution in [0.15, 0.2) is 18.2 Å². The van der Waals surface area contributed by atoms with Gasteiger partial charge >= 0.3 is 6.18 Å². The third kappa shape index (κ3) is 4.94. The Morgan fingerprint density at radius 2 is 2.04 bits per heavy atom. The molecule has 1 aromatic rings. The van der Waals surface area contributed by atoms with Gasteiger partial charge in [-0.3, -0.25) is 9.59 Å². The van der Waals surface area contributed by atoms with Crippen molar-refractivity contribution in [2.24, 2.45) is 0 Å². The second-order valence-corrected chi connectivity index (χ2v) is 6.12. The summed E-state index contributed by atoms with van der Waals surface area (Å²) in [7, 11) is 0. The summed E-state index contributed by atoms with van der Waals surface area (Å²) in [5, 5.41) is 5.49. The Labute approximate surface area is 144 Å². The highest BCUT2D eigenvalue weighted by molar-refractivity contribution is 5.97. The third-order valence-electron chi connectivity index (χ3n) is 4.03. The number of nitrogens with one attached hydrogen (secondary N) is 2. The zero-order chi connectivity index (χ0) is 18.6. The van der Waals surface area contributed by atoms with Gasteiger partial charge in [-0.15, -0.1) is 0 Å². The zero-order valence-electron chi connectivity index (χ0n) is 14.2. The van der Waals surface area contributed by atoms with E-state index in [-0.39, 0.29) is 17.3 Å². The molecule has 0 aliphatic carbocycles. The van der Waals surface area contributed by atoms with Crippen molar-refractivity contribution in [2.45, 2.75) is 38.9 Å². The van der Waals surface area contributed by atoms with Crippen molar-refractivity contribution >= 4 is 17.5 Å². The van der Waals surface area contributed by atoms with Gasteiger partial charge in [-0.25, -0.2) is 0 Å². The molecule has 1 fully saturated rings. The average Bonchev–Trinajstić information content (AvgIpc) is 3.04. The first-order valence-electron chi connectivity index (χ1n) is 8.24. The fraction of sp³-hybridized carbons (Fsp3) is 0.529. The van der Waals surface area contributed by atoms with Crippen molar-refractivity contribution in [3.8, 4) is 0 Å². The molecule has 2 N–H and O–H groups in total. The highest BCUT2D eigenvalue weighted by Crippen LogP contribution is 2.32. The Hall–Kier alpha value is -2.09. The van der Waals surface area contributed by atoms with E-state index in [0.29, 0.717) is 19.5 Å². The van der Waals surface area contributed by atoms with Crippen LogP contribution < -0.4 is 10.6 Å². The Morgan fingerprint density at radius 1 is 1.32 bits per heavy atom. The van der Waals surface area contributed by atoms with Gasteiger partial charge in [0, 0.05) is 37.3 Å². The first kappa shape index (κ1) is 19.2. The van der Waals surface area contributed by atoms with E-state index in [4.69, 9.17) is 0 Å². The van der Waals surface area contributed by atoms with Crippen molar-refractivity contribution in [3.05, 3.63) is 29.3 Å². The fourth-order valence-corrected chi connectivity index (χ4v) is 2.95. The van der Waals surface area contributed by atoms with Crippen LogP contribution in [0.2, 0.25) is 0 Å². The molecule has 1 atom stereocenters. The second kappa shape index (κ2) is 7.86. The van der Waals surface area contributed by atoms with Crippen molar-refractivity contribution < 1.29 is 22.8 Å². The van der Waals surface area contributed by atoms with Gasteiger partial charge in [-0.2, -0.15) is 13.2 Å². The molecule has 8 heteroatoms. The molecule has 1 unspecified atom stereocenters. The molecule has 1 heterocycles. The third-order valence-corrected chi connectivity index (χ3v) is 4.03. The van der Waals surface area contributed by atoms with E-state index >= 15 is 0 Å². The van der Waals surface area contributed by atoms with E-state index in [2.05, 4.69) is 10.6 Å². The number of nitrogens with zero attached hydrogens (tertiary/aromatic N) is 1. The molecule has 5 nitrogen and oxygen atoms in total. The lowest BCUT2D eigenvalue weighted by atomic mass is 10.1. The normalized spacial score (nSPS) is 17.4. The molecule has 138 valence electrons. The zero-order valence-corrected chi connectivity index (χ0v) is 14.2. The first-order chi connectivity index (χ1) is 11.7. The monoisotopic (exact) mass is 357 g/mol. The van der Waals surface area contributed by atoms with Crippen LogP contribution >= 0.6 is 0 Å². The highest BCUT2D eigenvalue weighted by Gasteiger charge is 2.33. The lowest BCUT2D eigenvalue weighted by molar-refractivity contribution is -0.137. The largest absolute Gasteiger partial charge is 0.416 e. The van der Waals surface area contributed by atoms with E-state index in [1.165, 1.54) is 13.0 Å². The van der Waals surface area contributed by atoms with Crippen LogP contribution in [0.1, 0.15) is 42.6 Å². The van der Waals surface area contributed by atoms with Gasteiger partial charge < -0.3 is 15.5 Å². The molecule has 1 aliphatic heterocycles. The Morgan fingerprint density at radius 3 is 2.56 bits per heavy atom. The van der Waals surface area contributed by atoms with Crippen LogP contribution in [0, 0.1) is 0 Å². The van der Waals surface area contributed by atoms with E-state index < -0.39 is 23.6 Å². The molecule has 0 spiro atoms. The van der Waals surface area contributed by atoms with Gasteiger partial charge in [-0.05, 0) is 37.6 Å². The first-order valence-corrected chi connectivity index (χ1v) is 8.24. The summed E-state index contributed by atoms with van der Waals surface area (Å²) in [5.41, 5.74) is -1.06. The number of benzene rings is 1. The number of hydrogen-bond acceptors (Lipinski definition) is 3. The lowest BCUT2D eigenvalue weighted by Crippen LogP contribution is -2.42. The average molecular weight is 357 g/mol. The number of amides is 2. The number of alkyl halides is 3. The van der Waals surface area contributed by atoms with Gasteiger partial charge in [0.05, 0.1) is 5.56 Å². The molecule has 0 saturated carbocycles. The maximum atomic E-state index is 13.2. The number of hydrogen-bond donors (Lipinski definition) is 2. The van der Waals surface area contributed by atoms with Gasteiger partial charge in [-0.1, -0.05) is 6.92 Å². The van der Waals surface area contributed by atoms with Crippen LogP contribution in [0.3, 0.4) is 0 Å². The van der Waals surface area contributed by atoms with Crippen LogP contribution in [0.4, 0.5) is 18.9 Å². The highest BCUT2D eigenvalue weighted by atomic mass is 19.4. The van der Waals surface area contributed by atoms with Crippen LogP contribution in [0.5, 0.6) is 0 Å². The smallest absolute Gasteiger partial charge is 0.334 e. The van der Waals surface area contributed by atoms with Gasteiger partial charge in [0.1, 0.15) is 0 Å². The number of carbonyl (C=O) groups is 2. The van der Waals surface area contributed by atoms with E-state index in [1.807, 2.05) is 6.92 Å². The van der Waals surface area contributed by atoms with Crippen molar-refractivity contribution in [1.82, 2.24) is 10.2 Å². The molecular formula is C17H22F3N3O2. The summed E-state index contributed by atoms with van der Waals surface area (Å²) in [6.07, 6.45) is -3.13. The van der Waals surface area contributed by atoms with Gasteiger partial charge in [0.25, 0.3) is 5.91 Å². The second-order valence-electron chi connectivity index (χ2n) is 6.12. The predicted molar refractivity (Wildman–Crippen MR) is 88.3 cm³/mol. The van der Waals surface area contributed by atoms with Crippen molar-refractivity contribution in [2.75, 3.05) is 25.0 Å². The molecule has 0 bridgehead atoms. The maximum absolute atomic E-state index is 13.2. The summed E-state index contributed by atoms with van der Waals surface area (Å²) in [6.45, 7) is 4.99. The molecule has 25 heavy (non-hydrogen) atoms. The molecular weight excluding hydrogens is 335 g/mol. The minimum atomic E-state index is -4.60. The van der Waals surface area contributed by atoms with E-state index in [9.17, 15) is 22.8 Å². The minimum absolute atomic E-state index is 0.0355. The SMILES string of the molecule is CCCN(C(=O)c1cc(NC(C)=O)cc(C(F)(F)F)c1)C1CCNC1. The topological polar surface area (TPSA) is 61.4 Å². The van der Waals surface area contributed by atoms with Gasteiger partial charge in [0.2, 0.25) is 5.91 Å². The summed E-state index contributed by atoms with van der Waals surface area (Å²) in [5.74, 6) is -0.948.